The van der Waals surface area contributed by atoms with E-state index >= 15 is 0 Å². The number of nitrogens with two attached hydrogens (primary N) is 1. The Hall–Kier alpha value is -0.280. The van der Waals surface area contributed by atoms with E-state index in [9.17, 15) is 4.79 Å². The van der Waals surface area contributed by atoms with Gasteiger partial charge < -0.3 is 10.6 Å². The van der Waals surface area contributed by atoms with Crippen molar-refractivity contribution in [1.82, 2.24) is 4.90 Å². The van der Waals surface area contributed by atoms with E-state index in [4.69, 9.17) is 5.73 Å². The molecule has 3 nitrogen and oxygen atoms in total. The van der Waals surface area contributed by atoms with Crippen molar-refractivity contribution >= 4 is 18.3 Å². The molecule has 4 unspecified atom stereocenters. The summed E-state index contributed by atoms with van der Waals surface area (Å²) in [6.45, 7) is 8.41. The quantitative estimate of drug-likeness (QED) is 0.806. The van der Waals surface area contributed by atoms with Crippen LogP contribution in [0.5, 0.6) is 0 Å². The number of halogens is 1. The van der Waals surface area contributed by atoms with Gasteiger partial charge in [-0.1, -0.05) is 26.7 Å². The number of piperidine rings is 1. The van der Waals surface area contributed by atoms with Crippen LogP contribution in [-0.2, 0) is 4.79 Å². The monoisotopic (exact) mass is 288 g/mol. The maximum Gasteiger partial charge on any atom is 0.227 e. The lowest BCUT2D eigenvalue weighted by Crippen LogP contribution is -2.55. The molecule has 112 valence electrons. The third kappa shape index (κ3) is 3.85. The third-order valence-corrected chi connectivity index (χ3v) is 4.73. The van der Waals surface area contributed by atoms with E-state index in [1.165, 1.54) is 12.8 Å². The van der Waals surface area contributed by atoms with Crippen molar-refractivity contribution in [3.05, 3.63) is 0 Å². The second kappa shape index (κ2) is 6.45. The van der Waals surface area contributed by atoms with Crippen LogP contribution in [0.4, 0.5) is 0 Å². The zero-order valence-electron chi connectivity index (χ0n) is 12.5. The van der Waals surface area contributed by atoms with Gasteiger partial charge in [-0.15, -0.1) is 12.4 Å². The highest BCUT2D eigenvalue weighted by atomic mass is 35.5. The number of hydrogen-bond donors (Lipinski definition) is 1. The fourth-order valence-corrected chi connectivity index (χ4v) is 3.83. The number of likely N-dealkylation sites (tertiary alicyclic amines) is 1. The summed E-state index contributed by atoms with van der Waals surface area (Å²) >= 11 is 0. The molecular weight excluding hydrogens is 260 g/mol. The molecule has 1 saturated heterocycles. The summed E-state index contributed by atoms with van der Waals surface area (Å²) in [6, 6.07) is 0. The minimum absolute atomic E-state index is 0. The van der Waals surface area contributed by atoms with Crippen LogP contribution in [0, 0.1) is 17.8 Å². The lowest BCUT2D eigenvalue weighted by atomic mass is 9.73. The summed E-state index contributed by atoms with van der Waals surface area (Å²) < 4.78 is 0. The van der Waals surface area contributed by atoms with Gasteiger partial charge in [-0.2, -0.15) is 0 Å². The van der Waals surface area contributed by atoms with Crippen LogP contribution in [0.1, 0.15) is 52.9 Å². The van der Waals surface area contributed by atoms with Gasteiger partial charge in [0.05, 0.1) is 5.92 Å². The van der Waals surface area contributed by atoms with Gasteiger partial charge in [-0.25, -0.2) is 0 Å². The number of amides is 1. The Balaban J connectivity index is 0.00000180. The van der Waals surface area contributed by atoms with Gasteiger partial charge in [-0.05, 0) is 38.0 Å². The number of hydrogen-bond acceptors (Lipinski definition) is 2. The number of carbonyl (C=O) groups is 1. The molecule has 1 saturated carbocycles. The van der Waals surface area contributed by atoms with Gasteiger partial charge >= 0.3 is 0 Å². The molecular formula is C15H29ClN2O. The van der Waals surface area contributed by atoms with E-state index < -0.39 is 0 Å². The molecule has 0 radical (unpaired) electrons. The van der Waals surface area contributed by atoms with Crippen molar-refractivity contribution in [3.8, 4) is 0 Å². The molecule has 0 bridgehead atoms. The van der Waals surface area contributed by atoms with Crippen molar-refractivity contribution in [1.29, 1.82) is 0 Å². The normalized spacial score (nSPS) is 39.6. The zero-order valence-corrected chi connectivity index (χ0v) is 13.3. The molecule has 0 aromatic rings. The summed E-state index contributed by atoms with van der Waals surface area (Å²) in [5, 5.41) is 0. The summed E-state index contributed by atoms with van der Waals surface area (Å²) in [5.41, 5.74) is 6.06. The van der Waals surface area contributed by atoms with Gasteiger partial charge in [0, 0.05) is 18.6 Å². The molecule has 2 N–H and O–H groups in total. The summed E-state index contributed by atoms with van der Waals surface area (Å²) in [4.78, 5) is 14.8. The molecule has 0 spiro atoms. The second-order valence-electron chi connectivity index (χ2n) is 6.99. The van der Waals surface area contributed by atoms with Gasteiger partial charge in [0.1, 0.15) is 0 Å². The molecule has 2 rings (SSSR count). The van der Waals surface area contributed by atoms with Crippen molar-refractivity contribution in [3.63, 3.8) is 0 Å². The van der Waals surface area contributed by atoms with Gasteiger partial charge in [0.25, 0.3) is 0 Å². The second-order valence-corrected chi connectivity index (χ2v) is 6.99. The van der Waals surface area contributed by atoms with E-state index in [1.54, 1.807) is 0 Å². The number of carbonyl (C=O) groups excluding carboxylic acids is 1. The highest BCUT2D eigenvalue weighted by Crippen LogP contribution is 2.34. The van der Waals surface area contributed by atoms with Crippen LogP contribution in [0.2, 0.25) is 0 Å². The molecule has 2 aliphatic rings. The summed E-state index contributed by atoms with van der Waals surface area (Å²) in [7, 11) is 0. The minimum Gasteiger partial charge on any atom is -0.342 e. The molecule has 4 atom stereocenters. The smallest absolute Gasteiger partial charge is 0.227 e. The third-order valence-electron chi connectivity index (χ3n) is 4.73. The van der Waals surface area contributed by atoms with Crippen molar-refractivity contribution in [2.75, 3.05) is 13.1 Å². The highest BCUT2D eigenvalue weighted by Gasteiger charge is 2.40. The van der Waals surface area contributed by atoms with Crippen molar-refractivity contribution < 1.29 is 4.79 Å². The van der Waals surface area contributed by atoms with Crippen LogP contribution in [-0.4, -0.2) is 29.4 Å². The first-order valence-electron chi connectivity index (χ1n) is 7.48. The van der Waals surface area contributed by atoms with Crippen LogP contribution >= 0.6 is 12.4 Å². The fourth-order valence-electron chi connectivity index (χ4n) is 3.83. The minimum atomic E-state index is -0.292. The largest absolute Gasteiger partial charge is 0.342 e. The Morgan fingerprint density at radius 1 is 1.21 bits per heavy atom. The first-order valence-corrected chi connectivity index (χ1v) is 7.48. The fraction of sp³-hybridized carbons (Fsp3) is 0.933. The number of rotatable bonds is 1. The zero-order chi connectivity index (χ0) is 13.3. The Labute approximate surface area is 123 Å². The van der Waals surface area contributed by atoms with Crippen LogP contribution in [0.25, 0.3) is 0 Å². The molecule has 0 aromatic carbocycles. The highest BCUT2D eigenvalue weighted by molar-refractivity contribution is 5.85. The van der Waals surface area contributed by atoms with Crippen LogP contribution < -0.4 is 5.73 Å². The van der Waals surface area contributed by atoms with Crippen LogP contribution in [0.3, 0.4) is 0 Å². The van der Waals surface area contributed by atoms with Gasteiger partial charge in [0.2, 0.25) is 5.91 Å². The molecule has 2 fully saturated rings. The first kappa shape index (κ1) is 16.8. The standard InChI is InChI=1S/C15H28N2O.ClH/c1-11-8-12(2)10-17(9-11)14(18)13-6-4-5-7-15(13,3)16;/h11-13H,4-10,16H2,1-3H3;1H. The summed E-state index contributed by atoms with van der Waals surface area (Å²) in [6.07, 6.45) is 5.54. The average molecular weight is 289 g/mol. The molecule has 1 aliphatic carbocycles. The topological polar surface area (TPSA) is 46.3 Å². The first-order chi connectivity index (χ1) is 8.40. The molecule has 4 heteroatoms. The Morgan fingerprint density at radius 2 is 1.79 bits per heavy atom. The van der Waals surface area contributed by atoms with Crippen molar-refractivity contribution in [2.45, 2.75) is 58.4 Å². The lowest BCUT2D eigenvalue weighted by molar-refractivity contribution is -0.141. The molecule has 1 heterocycles. The van der Waals surface area contributed by atoms with E-state index in [0.29, 0.717) is 17.7 Å². The van der Waals surface area contributed by atoms with Crippen molar-refractivity contribution in [2.24, 2.45) is 23.5 Å². The van der Waals surface area contributed by atoms with E-state index in [-0.39, 0.29) is 23.9 Å². The summed E-state index contributed by atoms with van der Waals surface area (Å²) in [5.74, 6) is 1.62. The average Bonchev–Trinajstić information content (AvgIpc) is 2.26. The van der Waals surface area contributed by atoms with E-state index in [0.717, 1.165) is 32.4 Å². The molecule has 0 aromatic heterocycles. The molecule has 1 amide bonds. The Bertz CT molecular complexity index is 309. The van der Waals surface area contributed by atoms with E-state index in [2.05, 4.69) is 25.7 Å². The maximum absolute atomic E-state index is 12.7. The Morgan fingerprint density at radius 3 is 2.32 bits per heavy atom. The number of nitrogens with zero attached hydrogens (tertiary/aromatic N) is 1. The predicted molar refractivity (Wildman–Crippen MR) is 81.3 cm³/mol. The van der Waals surface area contributed by atoms with Gasteiger partial charge in [-0.3, -0.25) is 4.79 Å². The van der Waals surface area contributed by atoms with E-state index in [1.807, 2.05) is 0 Å². The SMILES string of the molecule is CC1CC(C)CN(C(=O)C2CCCCC2(C)N)C1.Cl. The van der Waals surface area contributed by atoms with Gasteiger partial charge in [0.15, 0.2) is 0 Å². The Kier molecular flexibility index (Phi) is 5.69. The molecule has 19 heavy (non-hydrogen) atoms. The molecule has 1 aliphatic heterocycles. The maximum atomic E-state index is 12.7. The predicted octanol–water partition coefficient (Wildman–Crippen LogP) is 2.82. The lowest BCUT2D eigenvalue weighted by Gasteiger charge is -2.43. The van der Waals surface area contributed by atoms with Crippen LogP contribution in [0.15, 0.2) is 0 Å².